The summed E-state index contributed by atoms with van der Waals surface area (Å²) >= 11 is 0. The molecule has 1 N–H and O–H groups in total. The highest BCUT2D eigenvalue weighted by Crippen LogP contribution is 2.38. The Balaban J connectivity index is 2.03. The van der Waals surface area contributed by atoms with Crippen molar-refractivity contribution >= 4 is 5.95 Å². The molecule has 0 saturated heterocycles. The second-order valence-electron chi connectivity index (χ2n) is 6.32. The normalized spacial score (nSPS) is 18.8. The van der Waals surface area contributed by atoms with E-state index >= 15 is 0 Å². The first kappa shape index (κ1) is 12.3. The number of hydrogen-bond donors (Lipinski definition) is 1. The van der Waals surface area contributed by atoms with Gasteiger partial charge >= 0.3 is 0 Å². The molecule has 3 rings (SSSR count). The highest BCUT2D eigenvalue weighted by Gasteiger charge is 2.31. The zero-order valence-corrected chi connectivity index (χ0v) is 11.9. The van der Waals surface area contributed by atoms with Crippen LogP contribution in [0.4, 0.5) is 5.95 Å². The average molecular weight is 255 g/mol. The van der Waals surface area contributed by atoms with Crippen LogP contribution in [0, 0.1) is 5.41 Å². The number of nitrogens with zero attached hydrogens (tertiary/aromatic N) is 2. The van der Waals surface area contributed by atoms with Gasteiger partial charge in [0.15, 0.2) is 0 Å². The van der Waals surface area contributed by atoms with Gasteiger partial charge in [0.25, 0.3) is 0 Å². The predicted molar refractivity (Wildman–Crippen MR) is 79.3 cm³/mol. The van der Waals surface area contributed by atoms with E-state index in [1.165, 1.54) is 5.56 Å². The number of nitrogens with one attached hydrogen (secondary N) is 1. The summed E-state index contributed by atoms with van der Waals surface area (Å²) in [6, 6.07) is 10.9. The van der Waals surface area contributed by atoms with Crippen molar-refractivity contribution < 1.29 is 0 Å². The van der Waals surface area contributed by atoms with Crippen molar-refractivity contribution in [1.82, 2.24) is 9.55 Å². The van der Waals surface area contributed by atoms with Gasteiger partial charge in [0.1, 0.15) is 0 Å². The van der Waals surface area contributed by atoms with E-state index in [-0.39, 0.29) is 5.41 Å². The van der Waals surface area contributed by atoms with Gasteiger partial charge in [0, 0.05) is 24.3 Å². The number of aromatic nitrogens is 2. The summed E-state index contributed by atoms with van der Waals surface area (Å²) in [6.45, 7) is 7.91. The third kappa shape index (κ3) is 2.25. The van der Waals surface area contributed by atoms with E-state index in [9.17, 15) is 0 Å². The largest absolute Gasteiger partial charge is 0.356 e. The first-order valence-electron chi connectivity index (χ1n) is 6.94. The van der Waals surface area contributed by atoms with Gasteiger partial charge in [-0.3, -0.25) is 0 Å². The topological polar surface area (TPSA) is 29.9 Å². The number of rotatable bonds is 1. The molecule has 3 heteroatoms. The summed E-state index contributed by atoms with van der Waals surface area (Å²) in [7, 11) is 0. The summed E-state index contributed by atoms with van der Waals surface area (Å²) in [4.78, 5) is 4.74. The Hall–Kier alpha value is -1.77. The number of imidazole rings is 1. The SMILES string of the molecule is CC(C)(C)C1CCNc2nc(-c3ccccc3)cn21. The molecule has 0 fully saturated rings. The van der Waals surface area contributed by atoms with Crippen LogP contribution in [0.25, 0.3) is 11.3 Å². The molecule has 1 aromatic heterocycles. The molecule has 1 atom stereocenters. The molecule has 2 aromatic rings. The molecule has 0 aliphatic carbocycles. The quantitative estimate of drug-likeness (QED) is 0.836. The zero-order valence-electron chi connectivity index (χ0n) is 11.9. The zero-order chi connectivity index (χ0) is 13.5. The minimum atomic E-state index is 0.255. The third-order valence-corrected chi connectivity index (χ3v) is 3.84. The first-order chi connectivity index (χ1) is 9.05. The highest BCUT2D eigenvalue weighted by molar-refractivity contribution is 5.61. The minimum absolute atomic E-state index is 0.255. The van der Waals surface area contributed by atoms with Crippen molar-refractivity contribution in [1.29, 1.82) is 0 Å². The van der Waals surface area contributed by atoms with Crippen LogP contribution >= 0.6 is 0 Å². The molecular weight excluding hydrogens is 234 g/mol. The highest BCUT2D eigenvalue weighted by atomic mass is 15.2. The van der Waals surface area contributed by atoms with Gasteiger partial charge in [-0.15, -0.1) is 0 Å². The van der Waals surface area contributed by atoms with Crippen LogP contribution in [0.15, 0.2) is 36.5 Å². The Kier molecular flexibility index (Phi) is 2.85. The maximum Gasteiger partial charge on any atom is 0.203 e. The molecule has 2 heterocycles. The molecule has 1 unspecified atom stereocenters. The molecule has 100 valence electrons. The van der Waals surface area contributed by atoms with E-state index < -0.39 is 0 Å². The third-order valence-electron chi connectivity index (χ3n) is 3.84. The first-order valence-corrected chi connectivity index (χ1v) is 6.94. The molecule has 1 aliphatic rings. The monoisotopic (exact) mass is 255 g/mol. The van der Waals surface area contributed by atoms with Crippen molar-refractivity contribution in [2.24, 2.45) is 5.41 Å². The van der Waals surface area contributed by atoms with E-state index in [0.717, 1.165) is 24.6 Å². The van der Waals surface area contributed by atoms with Crippen LogP contribution in [0.1, 0.15) is 33.2 Å². The Morgan fingerprint density at radius 1 is 1.21 bits per heavy atom. The van der Waals surface area contributed by atoms with E-state index in [1.54, 1.807) is 0 Å². The minimum Gasteiger partial charge on any atom is -0.356 e. The van der Waals surface area contributed by atoms with E-state index in [4.69, 9.17) is 4.98 Å². The molecule has 1 aliphatic heterocycles. The lowest BCUT2D eigenvalue weighted by Crippen LogP contribution is -2.31. The van der Waals surface area contributed by atoms with Crippen LogP contribution in [0.2, 0.25) is 0 Å². The lowest BCUT2D eigenvalue weighted by Gasteiger charge is -2.36. The van der Waals surface area contributed by atoms with Gasteiger partial charge < -0.3 is 9.88 Å². The second-order valence-corrected chi connectivity index (χ2v) is 6.32. The average Bonchev–Trinajstić information content (AvgIpc) is 2.82. The number of benzene rings is 1. The van der Waals surface area contributed by atoms with E-state index in [1.807, 2.05) is 6.07 Å². The van der Waals surface area contributed by atoms with Crippen LogP contribution in [-0.2, 0) is 0 Å². The second kappa shape index (κ2) is 4.41. The summed E-state index contributed by atoms with van der Waals surface area (Å²) in [5.41, 5.74) is 2.49. The Morgan fingerprint density at radius 3 is 2.63 bits per heavy atom. The molecule has 1 aromatic carbocycles. The van der Waals surface area contributed by atoms with Crippen LogP contribution in [-0.4, -0.2) is 16.1 Å². The van der Waals surface area contributed by atoms with Crippen LogP contribution in [0.3, 0.4) is 0 Å². The Morgan fingerprint density at radius 2 is 1.95 bits per heavy atom. The van der Waals surface area contributed by atoms with Gasteiger partial charge in [-0.05, 0) is 11.8 Å². The summed E-state index contributed by atoms with van der Waals surface area (Å²) in [5.74, 6) is 1.00. The molecule has 0 spiro atoms. The summed E-state index contributed by atoms with van der Waals surface area (Å²) in [5, 5.41) is 3.41. The maximum absolute atomic E-state index is 4.74. The fourth-order valence-electron chi connectivity index (χ4n) is 2.82. The Bertz CT molecular complexity index is 563. The van der Waals surface area contributed by atoms with Gasteiger partial charge in [-0.25, -0.2) is 4.98 Å². The fraction of sp³-hybridized carbons (Fsp3) is 0.438. The molecule has 0 saturated carbocycles. The van der Waals surface area contributed by atoms with Crippen molar-refractivity contribution in [3.63, 3.8) is 0 Å². The molecule has 0 amide bonds. The van der Waals surface area contributed by atoms with Crippen LogP contribution in [0.5, 0.6) is 0 Å². The predicted octanol–water partition coefficient (Wildman–Crippen LogP) is 3.95. The Labute approximate surface area is 114 Å². The molecule has 3 nitrogen and oxygen atoms in total. The van der Waals surface area contributed by atoms with Gasteiger partial charge in [0.2, 0.25) is 5.95 Å². The maximum atomic E-state index is 4.74. The smallest absolute Gasteiger partial charge is 0.203 e. The van der Waals surface area contributed by atoms with Gasteiger partial charge in [0.05, 0.1) is 5.69 Å². The summed E-state index contributed by atoms with van der Waals surface area (Å²) < 4.78 is 2.31. The number of anilines is 1. The van der Waals surface area contributed by atoms with Gasteiger partial charge in [-0.1, -0.05) is 51.1 Å². The van der Waals surface area contributed by atoms with E-state index in [0.29, 0.717) is 6.04 Å². The van der Waals surface area contributed by atoms with Crippen molar-refractivity contribution in [3.05, 3.63) is 36.5 Å². The molecule has 19 heavy (non-hydrogen) atoms. The number of fused-ring (bicyclic) bond motifs is 1. The lowest BCUT2D eigenvalue weighted by molar-refractivity contribution is 0.227. The lowest BCUT2D eigenvalue weighted by atomic mass is 9.84. The standard InChI is InChI=1S/C16H21N3/c1-16(2,3)14-9-10-17-15-18-13(11-19(14)15)12-7-5-4-6-8-12/h4-8,11,14H,9-10H2,1-3H3,(H,17,18). The molecule has 0 bridgehead atoms. The van der Waals surface area contributed by atoms with E-state index in [2.05, 4.69) is 61.1 Å². The van der Waals surface area contributed by atoms with Crippen molar-refractivity contribution in [2.45, 2.75) is 33.2 Å². The molecule has 0 radical (unpaired) electrons. The molecular formula is C16H21N3. The van der Waals surface area contributed by atoms with Crippen molar-refractivity contribution in [2.75, 3.05) is 11.9 Å². The summed E-state index contributed by atoms with van der Waals surface area (Å²) in [6.07, 6.45) is 3.34. The van der Waals surface area contributed by atoms with Crippen molar-refractivity contribution in [3.8, 4) is 11.3 Å². The van der Waals surface area contributed by atoms with Gasteiger partial charge in [-0.2, -0.15) is 0 Å². The fourth-order valence-corrected chi connectivity index (χ4v) is 2.82. The van der Waals surface area contributed by atoms with Crippen LogP contribution < -0.4 is 5.32 Å². The number of hydrogen-bond acceptors (Lipinski definition) is 2.